The molecular weight excluding hydrogens is 405 g/mol. The number of morpholine rings is 1. The summed E-state index contributed by atoms with van der Waals surface area (Å²) in [5, 5.41) is 3.21. The van der Waals surface area contributed by atoms with Gasteiger partial charge in [-0.25, -0.2) is 0 Å². The van der Waals surface area contributed by atoms with E-state index < -0.39 is 0 Å². The van der Waals surface area contributed by atoms with E-state index in [-0.39, 0.29) is 24.0 Å². The first-order chi connectivity index (χ1) is 10.8. The van der Waals surface area contributed by atoms with Crippen molar-refractivity contribution < 1.29 is 4.74 Å². The van der Waals surface area contributed by atoms with Gasteiger partial charge in [0.2, 0.25) is 0 Å². The molecule has 0 aliphatic carbocycles. The second-order valence-electron chi connectivity index (χ2n) is 5.74. The van der Waals surface area contributed by atoms with Gasteiger partial charge in [-0.05, 0) is 38.9 Å². The molecular formula is C16H36IN5O. The zero-order valence-corrected chi connectivity index (χ0v) is 17.3. The van der Waals surface area contributed by atoms with Crippen molar-refractivity contribution >= 4 is 29.9 Å². The summed E-state index contributed by atoms with van der Waals surface area (Å²) in [7, 11) is 0. The highest BCUT2D eigenvalue weighted by atomic mass is 127. The van der Waals surface area contributed by atoms with Crippen LogP contribution in [-0.2, 0) is 4.74 Å². The van der Waals surface area contributed by atoms with Gasteiger partial charge in [-0.3, -0.25) is 9.89 Å². The molecule has 0 spiro atoms. The summed E-state index contributed by atoms with van der Waals surface area (Å²) in [5.74, 6) is 0.588. The maximum absolute atomic E-state index is 5.88. The van der Waals surface area contributed by atoms with Crippen LogP contribution in [0.3, 0.4) is 0 Å². The highest BCUT2D eigenvalue weighted by molar-refractivity contribution is 14.0. The van der Waals surface area contributed by atoms with Gasteiger partial charge in [0, 0.05) is 32.7 Å². The molecule has 0 amide bonds. The fraction of sp³-hybridized carbons (Fsp3) is 0.938. The molecule has 7 heteroatoms. The third-order valence-corrected chi connectivity index (χ3v) is 4.12. The first-order valence-corrected chi connectivity index (χ1v) is 8.82. The van der Waals surface area contributed by atoms with Gasteiger partial charge in [0.25, 0.3) is 0 Å². The van der Waals surface area contributed by atoms with Crippen molar-refractivity contribution in [2.45, 2.75) is 33.1 Å². The Hall–Kier alpha value is -0.120. The van der Waals surface area contributed by atoms with E-state index in [1.54, 1.807) is 0 Å². The summed E-state index contributed by atoms with van der Waals surface area (Å²) in [5.41, 5.74) is 5.88. The quantitative estimate of drug-likeness (QED) is 0.219. The van der Waals surface area contributed by atoms with E-state index in [2.05, 4.69) is 34.0 Å². The van der Waals surface area contributed by atoms with Crippen LogP contribution in [0.1, 0.15) is 33.1 Å². The van der Waals surface area contributed by atoms with Crippen LogP contribution in [0.4, 0.5) is 0 Å². The first-order valence-electron chi connectivity index (χ1n) is 8.82. The molecule has 0 unspecified atom stereocenters. The molecule has 0 bridgehead atoms. The zero-order valence-electron chi connectivity index (χ0n) is 14.9. The van der Waals surface area contributed by atoms with Crippen molar-refractivity contribution in [2.24, 2.45) is 10.7 Å². The van der Waals surface area contributed by atoms with Gasteiger partial charge in [0.05, 0.1) is 13.2 Å². The van der Waals surface area contributed by atoms with E-state index in [0.29, 0.717) is 5.96 Å². The molecule has 138 valence electrons. The highest BCUT2D eigenvalue weighted by Crippen LogP contribution is 1.98. The van der Waals surface area contributed by atoms with Gasteiger partial charge >= 0.3 is 0 Å². The predicted octanol–water partition coefficient (Wildman–Crippen LogP) is 1.35. The highest BCUT2D eigenvalue weighted by Gasteiger charge is 2.08. The summed E-state index contributed by atoms with van der Waals surface area (Å²) in [6.45, 7) is 14.5. The Kier molecular flexibility index (Phi) is 15.3. The summed E-state index contributed by atoms with van der Waals surface area (Å²) in [6.07, 6.45) is 3.41. The lowest BCUT2D eigenvalue weighted by Crippen LogP contribution is -2.37. The first kappa shape index (κ1) is 22.9. The smallest absolute Gasteiger partial charge is 0.188 e. The van der Waals surface area contributed by atoms with E-state index in [4.69, 9.17) is 10.5 Å². The van der Waals surface area contributed by atoms with Crippen LogP contribution in [0.15, 0.2) is 4.99 Å². The topological polar surface area (TPSA) is 66.1 Å². The van der Waals surface area contributed by atoms with Crippen molar-refractivity contribution in [2.75, 3.05) is 65.6 Å². The normalized spacial score (nSPS) is 16.4. The molecule has 1 saturated heterocycles. The van der Waals surface area contributed by atoms with Gasteiger partial charge in [-0.1, -0.05) is 13.8 Å². The minimum atomic E-state index is 0. The number of nitrogens with zero attached hydrogens (tertiary/aromatic N) is 3. The molecule has 1 aliphatic rings. The largest absolute Gasteiger partial charge is 0.379 e. The van der Waals surface area contributed by atoms with E-state index >= 15 is 0 Å². The summed E-state index contributed by atoms with van der Waals surface area (Å²) in [4.78, 5) is 9.26. The SMILES string of the molecule is CCN(CC)CCCCNC(N)=NCCCN1CCOCC1.I. The van der Waals surface area contributed by atoms with Crippen LogP contribution < -0.4 is 11.1 Å². The van der Waals surface area contributed by atoms with Crippen LogP contribution in [0.5, 0.6) is 0 Å². The number of nitrogens with two attached hydrogens (primary N) is 1. The van der Waals surface area contributed by atoms with Gasteiger partial charge < -0.3 is 20.7 Å². The zero-order chi connectivity index (χ0) is 16.0. The molecule has 0 atom stereocenters. The van der Waals surface area contributed by atoms with E-state index in [0.717, 1.165) is 71.9 Å². The van der Waals surface area contributed by atoms with E-state index in [9.17, 15) is 0 Å². The molecule has 1 fully saturated rings. The van der Waals surface area contributed by atoms with Gasteiger partial charge in [0.1, 0.15) is 0 Å². The summed E-state index contributed by atoms with van der Waals surface area (Å²) in [6, 6.07) is 0. The lowest BCUT2D eigenvalue weighted by Gasteiger charge is -2.26. The second kappa shape index (κ2) is 15.4. The van der Waals surface area contributed by atoms with Gasteiger partial charge in [-0.15, -0.1) is 24.0 Å². The van der Waals surface area contributed by atoms with Crippen molar-refractivity contribution in [3.63, 3.8) is 0 Å². The molecule has 0 aromatic rings. The average Bonchev–Trinajstić information content (AvgIpc) is 2.56. The van der Waals surface area contributed by atoms with Gasteiger partial charge in [0.15, 0.2) is 5.96 Å². The number of hydrogen-bond donors (Lipinski definition) is 2. The van der Waals surface area contributed by atoms with Crippen molar-refractivity contribution in [3.05, 3.63) is 0 Å². The molecule has 1 rings (SSSR count). The third-order valence-electron chi connectivity index (χ3n) is 4.12. The lowest BCUT2D eigenvalue weighted by atomic mass is 10.3. The molecule has 0 saturated carbocycles. The Morgan fingerprint density at radius 2 is 1.87 bits per heavy atom. The second-order valence-corrected chi connectivity index (χ2v) is 5.74. The number of rotatable bonds is 11. The van der Waals surface area contributed by atoms with E-state index in [1.165, 1.54) is 13.0 Å². The fourth-order valence-electron chi connectivity index (χ4n) is 2.59. The van der Waals surface area contributed by atoms with Crippen molar-refractivity contribution in [1.29, 1.82) is 0 Å². The monoisotopic (exact) mass is 441 g/mol. The number of nitrogens with one attached hydrogen (secondary N) is 1. The summed E-state index contributed by atoms with van der Waals surface area (Å²) < 4.78 is 5.34. The number of halogens is 1. The molecule has 3 N–H and O–H groups in total. The lowest BCUT2D eigenvalue weighted by molar-refractivity contribution is 0.0377. The van der Waals surface area contributed by atoms with Gasteiger partial charge in [-0.2, -0.15) is 0 Å². The molecule has 6 nitrogen and oxygen atoms in total. The van der Waals surface area contributed by atoms with Crippen LogP contribution in [0.25, 0.3) is 0 Å². The predicted molar refractivity (Wildman–Crippen MR) is 109 cm³/mol. The number of hydrogen-bond acceptors (Lipinski definition) is 4. The molecule has 0 radical (unpaired) electrons. The Bertz CT molecular complexity index is 294. The maximum atomic E-state index is 5.88. The fourth-order valence-corrected chi connectivity index (χ4v) is 2.59. The summed E-state index contributed by atoms with van der Waals surface area (Å²) >= 11 is 0. The molecule has 23 heavy (non-hydrogen) atoms. The standard InChI is InChI=1S/C16H35N5O.HI/c1-3-20(4-2)10-6-5-8-18-16(17)19-9-7-11-21-12-14-22-15-13-21;/h3-15H2,1-2H3,(H3,17,18,19);1H. The van der Waals surface area contributed by atoms with Crippen LogP contribution >= 0.6 is 24.0 Å². The van der Waals surface area contributed by atoms with Crippen molar-refractivity contribution in [1.82, 2.24) is 15.1 Å². The molecule has 1 heterocycles. The molecule has 0 aromatic carbocycles. The average molecular weight is 441 g/mol. The van der Waals surface area contributed by atoms with Crippen molar-refractivity contribution in [3.8, 4) is 0 Å². The minimum absolute atomic E-state index is 0. The number of ether oxygens (including phenoxy) is 1. The number of aliphatic imine (C=N–C) groups is 1. The number of unbranched alkanes of at least 4 members (excludes halogenated alkanes) is 1. The Morgan fingerprint density at radius 1 is 1.17 bits per heavy atom. The number of guanidine groups is 1. The minimum Gasteiger partial charge on any atom is -0.379 e. The Labute approximate surface area is 159 Å². The molecule has 0 aromatic heterocycles. The Morgan fingerprint density at radius 3 is 2.52 bits per heavy atom. The third kappa shape index (κ3) is 12.0. The maximum Gasteiger partial charge on any atom is 0.188 e. The van der Waals surface area contributed by atoms with Crippen LogP contribution in [-0.4, -0.2) is 81.3 Å². The van der Waals surface area contributed by atoms with E-state index in [1.807, 2.05) is 0 Å². The Balaban J connectivity index is 0.00000484. The van der Waals surface area contributed by atoms with Crippen LogP contribution in [0, 0.1) is 0 Å². The van der Waals surface area contributed by atoms with Crippen LogP contribution in [0.2, 0.25) is 0 Å². The molecule has 1 aliphatic heterocycles.